The summed E-state index contributed by atoms with van der Waals surface area (Å²) in [7, 11) is 0. The molecule has 3 aromatic rings. The van der Waals surface area contributed by atoms with Crippen LogP contribution in [0.2, 0.25) is 0 Å². The van der Waals surface area contributed by atoms with Crippen LogP contribution in [0.25, 0.3) is 10.9 Å². The van der Waals surface area contributed by atoms with E-state index in [2.05, 4.69) is 15.6 Å². The number of alkyl carbamates (subject to hydrolysis) is 1. The molecule has 3 rings (SSSR count). The van der Waals surface area contributed by atoms with E-state index in [0.29, 0.717) is 6.42 Å². The van der Waals surface area contributed by atoms with Gasteiger partial charge in [-0.3, -0.25) is 4.79 Å². The lowest BCUT2D eigenvalue weighted by Gasteiger charge is -2.19. The highest BCUT2D eigenvalue weighted by Gasteiger charge is 2.24. The quantitative estimate of drug-likeness (QED) is 0.603. The van der Waals surface area contributed by atoms with Crippen molar-refractivity contribution in [2.24, 2.45) is 0 Å². The molecule has 0 saturated heterocycles. The van der Waals surface area contributed by atoms with Gasteiger partial charge in [-0.15, -0.1) is 0 Å². The average molecular weight is 379 g/mol. The summed E-state index contributed by atoms with van der Waals surface area (Å²) in [6, 6.07) is 12.8. The van der Waals surface area contributed by atoms with Crippen molar-refractivity contribution in [3.63, 3.8) is 0 Å². The van der Waals surface area contributed by atoms with Crippen molar-refractivity contribution in [2.75, 3.05) is 11.9 Å². The van der Waals surface area contributed by atoms with Crippen LogP contribution < -0.4 is 10.6 Å². The number of carbonyl (C=O) groups is 2. The largest absolute Gasteiger partial charge is 0.450 e. The summed E-state index contributed by atoms with van der Waals surface area (Å²) < 4.78 is 4.98. The van der Waals surface area contributed by atoms with E-state index in [4.69, 9.17) is 4.74 Å². The van der Waals surface area contributed by atoms with Crippen molar-refractivity contribution >= 4 is 28.6 Å². The monoisotopic (exact) mass is 379 g/mol. The summed E-state index contributed by atoms with van der Waals surface area (Å²) in [4.78, 5) is 28.2. The number of ether oxygens (including phenoxy) is 1. The van der Waals surface area contributed by atoms with Gasteiger partial charge in [0.05, 0.1) is 6.61 Å². The highest BCUT2D eigenvalue weighted by molar-refractivity contribution is 5.98. The van der Waals surface area contributed by atoms with Gasteiger partial charge in [0.25, 0.3) is 0 Å². The molecule has 3 N–H and O–H groups in total. The van der Waals surface area contributed by atoms with Gasteiger partial charge in [0, 0.05) is 29.2 Å². The molecule has 0 bridgehead atoms. The maximum atomic E-state index is 13.0. The van der Waals surface area contributed by atoms with Crippen LogP contribution in [0.4, 0.5) is 10.5 Å². The molecule has 28 heavy (non-hydrogen) atoms. The van der Waals surface area contributed by atoms with Crippen molar-refractivity contribution in [1.29, 1.82) is 0 Å². The van der Waals surface area contributed by atoms with Crippen molar-refractivity contribution in [3.8, 4) is 0 Å². The Kier molecular flexibility index (Phi) is 5.99. The van der Waals surface area contributed by atoms with Crippen LogP contribution in [0.1, 0.15) is 23.6 Å². The second-order valence-corrected chi connectivity index (χ2v) is 6.72. The van der Waals surface area contributed by atoms with E-state index in [1.165, 1.54) is 0 Å². The van der Waals surface area contributed by atoms with E-state index in [0.717, 1.165) is 33.3 Å². The highest BCUT2D eigenvalue weighted by Crippen LogP contribution is 2.21. The van der Waals surface area contributed by atoms with Crippen molar-refractivity contribution < 1.29 is 14.3 Å². The number of nitrogens with one attached hydrogen (secondary N) is 3. The van der Waals surface area contributed by atoms with Crippen LogP contribution in [-0.4, -0.2) is 29.6 Å². The van der Waals surface area contributed by atoms with Crippen LogP contribution in [0, 0.1) is 13.8 Å². The Morgan fingerprint density at radius 2 is 1.89 bits per heavy atom. The number of fused-ring (bicyclic) bond motifs is 1. The summed E-state index contributed by atoms with van der Waals surface area (Å²) in [5.41, 5.74) is 4.76. The van der Waals surface area contributed by atoms with E-state index in [1.54, 1.807) is 6.92 Å². The first kappa shape index (κ1) is 19.5. The smallest absolute Gasteiger partial charge is 0.407 e. The number of carbonyl (C=O) groups excluding carboxylic acids is 2. The summed E-state index contributed by atoms with van der Waals surface area (Å²) in [6.45, 7) is 5.92. The van der Waals surface area contributed by atoms with Gasteiger partial charge in [-0.2, -0.15) is 0 Å². The van der Waals surface area contributed by atoms with Crippen LogP contribution in [-0.2, 0) is 16.0 Å². The Bertz CT molecular complexity index is 994. The molecule has 2 amide bonds. The van der Waals surface area contributed by atoms with Gasteiger partial charge in [0.1, 0.15) is 6.04 Å². The van der Waals surface area contributed by atoms with E-state index >= 15 is 0 Å². The first-order chi connectivity index (χ1) is 13.5. The number of para-hydroxylation sites is 1. The Labute approximate surface area is 164 Å². The third-order valence-electron chi connectivity index (χ3n) is 4.85. The van der Waals surface area contributed by atoms with Gasteiger partial charge >= 0.3 is 6.09 Å². The SMILES string of the molecule is CCOC(=O)N[C@H](Cc1c[nH]c2ccccc12)C(=O)Nc1cccc(C)c1C. The standard InChI is InChI=1S/C22H25N3O3/c1-4-28-22(27)25-20(12-16-13-23-19-10-6-5-9-17(16)19)21(26)24-18-11-7-8-14(2)15(18)3/h5-11,13,20,23H,4,12H2,1-3H3,(H,24,26)(H,25,27)/t20-/m1/s1. The van der Waals surface area contributed by atoms with Gasteiger partial charge in [-0.25, -0.2) is 4.79 Å². The normalized spacial score (nSPS) is 11.8. The minimum absolute atomic E-state index is 0.240. The molecule has 0 unspecified atom stereocenters. The third kappa shape index (κ3) is 4.34. The fourth-order valence-corrected chi connectivity index (χ4v) is 3.15. The summed E-state index contributed by atoms with van der Waals surface area (Å²) >= 11 is 0. The zero-order valence-electron chi connectivity index (χ0n) is 16.3. The maximum Gasteiger partial charge on any atom is 0.407 e. The lowest BCUT2D eigenvalue weighted by molar-refractivity contribution is -0.118. The molecule has 146 valence electrons. The minimum Gasteiger partial charge on any atom is -0.450 e. The lowest BCUT2D eigenvalue weighted by Crippen LogP contribution is -2.45. The number of aromatic amines is 1. The molecule has 1 heterocycles. The lowest BCUT2D eigenvalue weighted by atomic mass is 10.0. The number of hydrogen-bond donors (Lipinski definition) is 3. The number of benzene rings is 2. The van der Waals surface area contributed by atoms with Gasteiger partial charge < -0.3 is 20.4 Å². The van der Waals surface area contributed by atoms with Crippen LogP contribution in [0.15, 0.2) is 48.7 Å². The van der Waals surface area contributed by atoms with Gasteiger partial charge in [-0.1, -0.05) is 30.3 Å². The number of hydrogen-bond acceptors (Lipinski definition) is 3. The van der Waals surface area contributed by atoms with Crippen LogP contribution in [0.5, 0.6) is 0 Å². The molecule has 2 aromatic carbocycles. The number of anilines is 1. The van der Waals surface area contributed by atoms with E-state index in [9.17, 15) is 9.59 Å². The highest BCUT2D eigenvalue weighted by atomic mass is 16.5. The summed E-state index contributed by atoms with van der Waals surface area (Å²) in [6.07, 6.45) is 1.61. The molecule has 0 radical (unpaired) electrons. The predicted octanol–water partition coefficient (Wildman–Crippen LogP) is 4.08. The molecular formula is C22H25N3O3. The molecule has 1 aromatic heterocycles. The van der Waals surface area contributed by atoms with Crippen molar-refractivity contribution in [3.05, 3.63) is 65.4 Å². The second-order valence-electron chi connectivity index (χ2n) is 6.72. The van der Waals surface area contributed by atoms with Crippen molar-refractivity contribution in [2.45, 2.75) is 33.2 Å². The molecule has 0 aliphatic carbocycles. The number of amides is 2. The Hall–Kier alpha value is -3.28. The zero-order chi connectivity index (χ0) is 20.1. The molecule has 1 atom stereocenters. The van der Waals surface area contributed by atoms with Gasteiger partial charge in [0.15, 0.2) is 0 Å². The van der Waals surface area contributed by atoms with Crippen LogP contribution in [0.3, 0.4) is 0 Å². The molecule has 0 aliphatic rings. The first-order valence-corrected chi connectivity index (χ1v) is 9.35. The molecule has 0 fully saturated rings. The van der Waals surface area contributed by atoms with Gasteiger partial charge in [0.2, 0.25) is 5.91 Å². The molecule has 0 aliphatic heterocycles. The molecule has 6 nitrogen and oxygen atoms in total. The van der Waals surface area contributed by atoms with E-state index < -0.39 is 12.1 Å². The van der Waals surface area contributed by atoms with Crippen molar-refractivity contribution in [1.82, 2.24) is 10.3 Å². The molecular weight excluding hydrogens is 354 g/mol. The average Bonchev–Trinajstić information content (AvgIpc) is 3.08. The fourth-order valence-electron chi connectivity index (χ4n) is 3.15. The number of aryl methyl sites for hydroxylation is 1. The second kappa shape index (κ2) is 8.61. The van der Waals surface area contributed by atoms with Gasteiger partial charge in [-0.05, 0) is 49.6 Å². The summed E-state index contributed by atoms with van der Waals surface area (Å²) in [5.74, 6) is -0.285. The Morgan fingerprint density at radius 3 is 2.68 bits per heavy atom. The Morgan fingerprint density at radius 1 is 1.11 bits per heavy atom. The fraction of sp³-hybridized carbons (Fsp3) is 0.273. The molecule has 0 spiro atoms. The molecule has 6 heteroatoms. The topological polar surface area (TPSA) is 83.2 Å². The molecule has 0 saturated carbocycles. The van der Waals surface area contributed by atoms with Crippen LogP contribution >= 0.6 is 0 Å². The summed E-state index contributed by atoms with van der Waals surface area (Å²) in [5, 5.41) is 6.65. The zero-order valence-corrected chi connectivity index (χ0v) is 16.3. The van der Waals surface area contributed by atoms with E-state index in [1.807, 2.05) is 62.5 Å². The Balaban J connectivity index is 1.84. The van der Waals surface area contributed by atoms with E-state index in [-0.39, 0.29) is 12.5 Å². The first-order valence-electron chi connectivity index (χ1n) is 9.35. The number of aromatic nitrogens is 1. The predicted molar refractivity (Wildman–Crippen MR) is 110 cm³/mol. The maximum absolute atomic E-state index is 13.0. The number of H-pyrrole nitrogens is 1. The third-order valence-corrected chi connectivity index (χ3v) is 4.85. The number of rotatable bonds is 6. The minimum atomic E-state index is -0.766.